The van der Waals surface area contributed by atoms with Gasteiger partial charge in [0, 0.05) is 37.2 Å². The predicted molar refractivity (Wildman–Crippen MR) is 113 cm³/mol. The topological polar surface area (TPSA) is 42.0 Å². The molecule has 4 rings (SSSR count). The standard InChI is InChI=1S/C24H30N2O3/c1-28-21-8-3-6-19(14-21)16-25-12-5-10-24(17-25)11-13-26(18-24)23(27)20-7-4-9-22(15-20)29-2/h3-4,6-9,14-15H,5,10-13,16-18H2,1-2H3. The molecule has 0 N–H and O–H groups in total. The number of benzene rings is 2. The van der Waals surface area contributed by atoms with Crippen LogP contribution in [0.2, 0.25) is 0 Å². The summed E-state index contributed by atoms with van der Waals surface area (Å²) in [5.41, 5.74) is 2.21. The Kier molecular flexibility index (Phi) is 5.76. The zero-order valence-corrected chi connectivity index (χ0v) is 17.4. The van der Waals surface area contributed by atoms with Gasteiger partial charge in [-0.25, -0.2) is 0 Å². The molecule has 0 radical (unpaired) electrons. The van der Waals surface area contributed by atoms with Gasteiger partial charge in [-0.1, -0.05) is 18.2 Å². The first-order valence-corrected chi connectivity index (χ1v) is 10.4. The van der Waals surface area contributed by atoms with Crippen LogP contribution in [0.4, 0.5) is 0 Å². The highest BCUT2D eigenvalue weighted by molar-refractivity contribution is 5.94. The lowest BCUT2D eigenvalue weighted by molar-refractivity contribution is 0.0675. The smallest absolute Gasteiger partial charge is 0.254 e. The molecule has 2 aromatic carbocycles. The van der Waals surface area contributed by atoms with E-state index in [1.807, 2.05) is 35.2 Å². The van der Waals surface area contributed by atoms with E-state index < -0.39 is 0 Å². The van der Waals surface area contributed by atoms with Gasteiger partial charge in [-0.2, -0.15) is 0 Å². The molecule has 1 atom stereocenters. The maximum Gasteiger partial charge on any atom is 0.254 e. The van der Waals surface area contributed by atoms with Crippen LogP contribution in [-0.4, -0.2) is 56.1 Å². The zero-order chi connectivity index (χ0) is 20.3. The summed E-state index contributed by atoms with van der Waals surface area (Å²) in [5.74, 6) is 1.75. The van der Waals surface area contributed by atoms with Crippen molar-refractivity contribution in [1.82, 2.24) is 9.80 Å². The second-order valence-electron chi connectivity index (χ2n) is 8.37. The van der Waals surface area contributed by atoms with E-state index in [4.69, 9.17) is 9.47 Å². The Morgan fingerprint density at radius 1 is 0.966 bits per heavy atom. The van der Waals surface area contributed by atoms with Gasteiger partial charge in [-0.05, 0) is 61.7 Å². The number of methoxy groups -OCH3 is 2. The van der Waals surface area contributed by atoms with E-state index in [1.54, 1.807) is 14.2 Å². The van der Waals surface area contributed by atoms with Gasteiger partial charge in [0.05, 0.1) is 14.2 Å². The van der Waals surface area contributed by atoms with E-state index in [9.17, 15) is 4.79 Å². The van der Waals surface area contributed by atoms with Gasteiger partial charge in [0.25, 0.3) is 5.91 Å². The summed E-state index contributed by atoms with van der Waals surface area (Å²) >= 11 is 0. The molecule has 0 saturated carbocycles. The number of hydrogen-bond donors (Lipinski definition) is 0. The Hall–Kier alpha value is -2.53. The minimum atomic E-state index is 0.116. The lowest BCUT2D eigenvalue weighted by Crippen LogP contribution is -2.45. The summed E-state index contributed by atoms with van der Waals surface area (Å²) in [6, 6.07) is 15.8. The molecule has 2 aromatic rings. The lowest BCUT2D eigenvalue weighted by Gasteiger charge is -2.40. The van der Waals surface area contributed by atoms with Gasteiger partial charge in [-0.3, -0.25) is 9.69 Å². The third kappa shape index (κ3) is 4.40. The lowest BCUT2D eigenvalue weighted by atomic mass is 9.79. The molecule has 1 unspecified atom stereocenters. The van der Waals surface area contributed by atoms with Crippen LogP contribution in [0.25, 0.3) is 0 Å². The number of amides is 1. The Morgan fingerprint density at radius 2 is 1.72 bits per heavy atom. The number of carbonyl (C=O) groups is 1. The molecule has 154 valence electrons. The SMILES string of the molecule is COc1cccc(CN2CCCC3(CCN(C(=O)c4cccc(OC)c4)C3)C2)c1. The molecule has 2 aliphatic heterocycles. The van der Waals surface area contributed by atoms with Crippen molar-refractivity contribution in [2.75, 3.05) is 40.4 Å². The van der Waals surface area contributed by atoms with Crippen LogP contribution in [0, 0.1) is 5.41 Å². The van der Waals surface area contributed by atoms with Crippen LogP contribution >= 0.6 is 0 Å². The van der Waals surface area contributed by atoms with Crippen LogP contribution < -0.4 is 9.47 Å². The van der Waals surface area contributed by atoms with Crippen molar-refractivity contribution in [3.8, 4) is 11.5 Å². The summed E-state index contributed by atoms with van der Waals surface area (Å²) in [6.45, 7) is 4.78. The average molecular weight is 395 g/mol. The summed E-state index contributed by atoms with van der Waals surface area (Å²) in [7, 11) is 3.34. The van der Waals surface area contributed by atoms with E-state index >= 15 is 0 Å². The van der Waals surface area contributed by atoms with Crippen molar-refractivity contribution in [2.24, 2.45) is 5.41 Å². The second kappa shape index (κ2) is 8.46. The van der Waals surface area contributed by atoms with Crippen LogP contribution in [-0.2, 0) is 6.54 Å². The Labute approximate surface area is 173 Å². The van der Waals surface area contributed by atoms with Crippen molar-refractivity contribution in [3.05, 3.63) is 59.7 Å². The number of carbonyl (C=O) groups excluding carboxylic acids is 1. The minimum Gasteiger partial charge on any atom is -0.497 e. The number of likely N-dealkylation sites (tertiary alicyclic amines) is 2. The van der Waals surface area contributed by atoms with Crippen LogP contribution in [0.3, 0.4) is 0 Å². The molecule has 1 amide bonds. The highest BCUT2D eigenvalue weighted by Gasteiger charge is 2.42. The molecule has 0 aliphatic carbocycles. The molecule has 2 fully saturated rings. The molecule has 2 heterocycles. The summed E-state index contributed by atoms with van der Waals surface area (Å²) in [5, 5.41) is 0. The van der Waals surface area contributed by atoms with Gasteiger partial charge in [0.15, 0.2) is 0 Å². The largest absolute Gasteiger partial charge is 0.497 e. The molecule has 5 heteroatoms. The minimum absolute atomic E-state index is 0.116. The zero-order valence-electron chi connectivity index (χ0n) is 17.4. The summed E-state index contributed by atoms with van der Waals surface area (Å²) in [4.78, 5) is 17.6. The Bertz CT molecular complexity index is 869. The van der Waals surface area contributed by atoms with Gasteiger partial charge in [-0.15, -0.1) is 0 Å². The molecule has 0 aromatic heterocycles. The molecule has 29 heavy (non-hydrogen) atoms. The second-order valence-corrected chi connectivity index (χ2v) is 8.37. The number of rotatable bonds is 5. The van der Waals surface area contributed by atoms with Gasteiger partial charge in [0.2, 0.25) is 0 Å². The van der Waals surface area contributed by atoms with Crippen molar-refractivity contribution >= 4 is 5.91 Å². The first-order valence-electron chi connectivity index (χ1n) is 10.4. The third-order valence-electron chi connectivity index (χ3n) is 6.32. The molecule has 0 bridgehead atoms. The van der Waals surface area contributed by atoms with Crippen molar-refractivity contribution in [1.29, 1.82) is 0 Å². The van der Waals surface area contributed by atoms with Gasteiger partial charge >= 0.3 is 0 Å². The first kappa shape index (κ1) is 19.8. The fourth-order valence-corrected chi connectivity index (χ4v) is 4.85. The summed E-state index contributed by atoms with van der Waals surface area (Å²) < 4.78 is 10.6. The fourth-order valence-electron chi connectivity index (χ4n) is 4.85. The third-order valence-corrected chi connectivity index (χ3v) is 6.32. The van der Waals surface area contributed by atoms with Crippen LogP contribution in [0.1, 0.15) is 35.2 Å². The van der Waals surface area contributed by atoms with E-state index in [2.05, 4.69) is 23.1 Å². The highest BCUT2D eigenvalue weighted by Crippen LogP contribution is 2.40. The molecular formula is C24H30N2O3. The number of ether oxygens (including phenoxy) is 2. The molecule has 1 spiro atoms. The number of piperidine rings is 1. The monoisotopic (exact) mass is 394 g/mol. The molecule has 2 aliphatic rings. The van der Waals surface area contributed by atoms with E-state index in [0.29, 0.717) is 5.56 Å². The van der Waals surface area contributed by atoms with Crippen molar-refractivity contribution < 1.29 is 14.3 Å². The van der Waals surface area contributed by atoms with E-state index in [0.717, 1.165) is 50.6 Å². The van der Waals surface area contributed by atoms with Crippen molar-refractivity contribution in [2.45, 2.75) is 25.8 Å². The summed E-state index contributed by atoms with van der Waals surface area (Å²) in [6.07, 6.45) is 3.46. The Morgan fingerprint density at radius 3 is 2.52 bits per heavy atom. The first-order chi connectivity index (χ1) is 14.1. The quantitative estimate of drug-likeness (QED) is 0.773. The average Bonchev–Trinajstić information content (AvgIpc) is 3.16. The van der Waals surface area contributed by atoms with Crippen LogP contribution in [0.5, 0.6) is 11.5 Å². The highest BCUT2D eigenvalue weighted by atomic mass is 16.5. The van der Waals surface area contributed by atoms with E-state index in [1.165, 1.54) is 18.4 Å². The van der Waals surface area contributed by atoms with Gasteiger partial charge < -0.3 is 14.4 Å². The maximum atomic E-state index is 13.0. The Balaban J connectivity index is 1.41. The maximum absolute atomic E-state index is 13.0. The molecule has 5 nitrogen and oxygen atoms in total. The van der Waals surface area contributed by atoms with Crippen LogP contribution in [0.15, 0.2) is 48.5 Å². The fraction of sp³-hybridized carbons (Fsp3) is 0.458. The van der Waals surface area contributed by atoms with Gasteiger partial charge in [0.1, 0.15) is 11.5 Å². The molecular weight excluding hydrogens is 364 g/mol. The number of hydrogen-bond acceptors (Lipinski definition) is 4. The normalized spacial score (nSPS) is 22.1. The number of nitrogens with zero attached hydrogens (tertiary/aromatic N) is 2. The van der Waals surface area contributed by atoms with E-state index in [-0.39, 0.29) is 11.3 Å². The predicted octanol–water partition coefficient (Wildman–Crippen LogP) is 3.83. The van der Waals surface area contributed by atoms with Crippen molar-refractivity contribution in [3.63, 3.8) is 0 Å². The molecule has 2 saturated heterocycles.